The molecule has 0 fully saturated rings. The predicted molar refractivity (Wildman–Crippen MR) is 98.3 cm³/mol. The molecule has 3 aromatic carbocycles. The largest absolute Gasteiger partial charge is 0.455 e. The van der Waals surface area contributed by atoms with E-state index >= 15 is 0 Å². The topological polar surface area (TPSA) is 64.6 Å². The Morgan fingerprint density at radius 3 is 2.41 bits per heavy atom. The van der Waals surface area contributed by atoms with Crippen LogP contribution in [0.25, 0.3) is 0 Å². The summed E-state index contributed by atoms with van der Waals surface area (Å²) in [6.07, 6.45) is 0. The molecule has 6 heteroatoms. The van der Waals surface area contributed by atoms with E-state index in [1.54, 1.807) is 36.4 Å². The fraction of sp³-hybridized carbons (Fsp3) is 0.0476. The van der Waals surface area contributed by atoms with Crippen molar-refractivity contribution in [3.05, 3.63) is 90.2 Å². The number of carbonyl (C=O) groups excluding carboxylic acids is 2. The van der Waals surface area contributed by atoms with E-state index in [0.29, 0.717) is 17.2 Å². The monoisotopic (exact) mass is 365 g/mol. The van der Waals surface area contributed by atoms with Gasteiger partial charge in [0.2, 0.25) is 0 Å². The minimum Gasteiger partial charge on any atom is -0.455 e. The first-order chi connectivity index (χ1) is 13.1. The number of benzene rings is 3. The second-order valence-electron chi connectivity index (χ2n) is 5.55. The maximum absolute atomic E-state index is 13.1. The van der Waals surface area contributed by atoms with E-state index in [2.05, 4.69) is 5.32 Å². The van der Waals surface area contributed by atoms with Crippen molar-refractivity contribution < 1.29 is 23.5 Å². The van der Waals surface area contributed by atoms with Crippen LogP contribution >= 0.6 is 0 Å². The van der Waals surface area contributed by atoms with Gasteiger partial charge in [-0.3, -0.25) is 4.79 Å². The van der Waals surface area contributed by atoms with Crippen LogP contribution in [-0.2, 0) is 9.53 Å². The second kappa shape index (κ2) is 8.62. The van der Waals surface area contributed by atoms with E-state index in [1.807, 2.05) is 18.2 Å². The Labute approximate surface area is 155 Å². The zero-order chi connectivity index (χ0) is 19.1. The third-order valence-electron chi connectivity index (χ3n) is 3.53. The fourth-order valence-electron chi connectivity index (χ4n) is 2.29. The number of halogens is 1. The van der Waals surface area contributed by atoms with Crippen LogP contribution < -0.4 is 10.1 Å². The molecule has 0 bridgehead atoms. The molecule has 136 valence electrons. The molecule has 0 saturated carbocycles. The van der Waals surface area contributed by atoms with Gasteiger partial charge in [-0.15, -0.1) is 0 Å². The van der Waals surface area contributed by atoms with Crippen molar-refractivity contribution in [2.45, 2.75) is 0 Å². The van der Waals surface area contributed by atoms with Gasteiger partial charge in [-0.05, 0) is 42.5 Å². The normalized spacial score (nSPS) is 10.1. The summed E-state index contributed by atoms with van der Waals surface area (Å²) in [5, 5.41) is 2.63. The maximum Gasteiger partial charge on any atom is 0.338 e. The maximum atomic E-state index is 13.1. The van der Waals surface area contributed by atoms with Gasteiger partial charge in [-0.25, -0.2) is 9.18 Å². The fourth-order valence-corrected chi connectivity index (χ4v) is 2.29. The molecule has 3 rings (SSSR count). The first kappa shape index (κ1) is 18.1. The molecule has 0 unspecified atom stereocenters. The molecule has 1 N–H and O–H groups in total. The minimum absolute atomic E-state index is 0.0376. The number of amides is 1. The van der Waals surface area contributed by atoms with Crippen LogP contribution in [0.3, 0.4) is 0 Å². The molecule has 0 saturated heterocycles. The highest BCUT2D eigenvalue weighted by Crippen LogP contribution is 2.29. The number of anilines is 1. The summed E-state index contributed by atoms with van der Waals surface area (Å²) in [4.78, 5) is 24.0. The van der Waals surface area contributed by atoms with Gasteiger partial charge < -0.3 is 14.8 Å². The molecule has 0 aliphatic rings. The number of ether oxygens (including phenoxy) is 2. The Morgan fingerprint density at radius 1 is 0.889 bits per heavy atom. The summed E-state index contributed by atoms with van der Waals surface area (Å²) in [5.41, 5.74) is 0.476. The van der Waals surface area contributed by atoms with Gasteiger partial charge >= 0.3 is 5.97 Å². The molecule has 0 atom stereocenters. The smallest absolute Gasteiger partial charge is 0.338 e. The molecular formula is C21H16FNO4. The molecule has 0 heterocycles. The Balaban J connectivity index is 1.60. The van der Waals surface area contributed by atoms with E-state index < -0.39 is 24.3 Å². The molecule has 3 aromatic rings. The number of esters is 1. The zero-order valence-corrected chi connectivity index (χ0v) is 14.2. The lowest BCUT2D eigenvalue weighted by molar-refractivity contribution is -0.119. The number of hydrogen-bond donors (Lipinski definition) is 1. The van der Waals surface area contributed by atoms with Crippen molar-refractivity contribution in [3.63, 3.8) is 0 Å². The third kappa shape index (κ3) is 5.15. The van der Waals surface area contributed by atoms with Crippen LogP contribution in [0, 0.1) is 5.82 Å². The highest BCUT2D eigenvalue weighted by atomic mass is 19.1. The highest BCUT2D eigenvalue weighted by molar-refractivity contribution is 5.96. The van der Waals surface area contributed by atoms with Crippen LogP contribution in [0.1, 0.15) is 10.4 Å². The van der Waals surface area contributed by atoms with E-state index in [0.717, 1.165) is 6.07 Å². The average molecular weight is 365 g/mol. The standard InChI is InChI=1S/C21H16FNO4/c22-16-8-6-7-15(13-16)21(25)26-14-20(24)23-18-11-4-5-12-19(18)27-17-9-2-1-3-10-17/h1-13H,14H2,(H,23,24). The van der Waals surface area contributed by atoms with Gasteiger partial charge in [-0.2, -0.15) is 0 Å². The van der Waals surface area contributed by atoms with Crippen LogP contribution in [0.5, 0.6) is 11.5 Å². The Morgan fingerprint density at radius 2 is 1.63 bits per heavy atom. The number of nitrogens with one attached hydrogen (secondary N) is 1. The molecule has 27 heavy (non-hydrogen) atoms. The van der Waals surface area contributed by atoms with Crippen LogP contribution in [0.2, 0.25) is 0 Å². The van der Waals surface area contributed by atoms with Gasteiger partial charge in [0, 0.05) is 0 Å². The molecule has 0 radical (unpaired) electrons. The third-order valence-corrected chi connectivity index (χ3v) is 3.53. The zero-order valence-electron chi connectivity index (χ0n) is 14.2. The molecule has 0 aliphatic heterocycles. The van der Waals surface area contributed by atoms with Crippen LogP contribution in [-0.4, -0.2) is 18.5 Å². The lowest BCUT2D eigenvalue weighted by atomic mass is 10.2. The lowest BCUT2D eigenvalue weighted by Crippen LogP contribution is -2.21. The quantitative estimate of drug-likeness (QED) is 0.657. The Bertz CT molecular complexity index is 944. The summed E-state index contributed by atoms with van der Waals surface area (Å²) < 4.78 is 23.8. The minimum atomic E-state index is -0.779. The summed E-state index contributed by atoms with van der Waals surface area (Å²) in [6.45, 7) is -0.505. The van der Waals surface area contributed by atoms with Crippen molar-refractivity contribution in [3.8, 4) is 11.5 Å². The summed E-state index contributed by atoms with van der Waals surface area (Å²) >= 11 is 0. The molecule has 0 aromatic heterocycles. The van der Waals surface area contributed by atoms with E-state index in [4.69, 9.17) is 9.47 Å². The Hall–Kier alpha value is -3.67. The average Bonchev–Trinajstić information content (AvgIpc) is 2.68. The summed E-state index contributed by atoms with van der Waals surface area (Å²) in [5.74, 6) is -0.798. The number of para-hydroxylation sites is 3. The predicted octanol–water partition coefficient (Wildman–Crippen LogP) is 4.41. The van der Waals surface area contributed by atoms with Gasteiger partial charge in [0.05, 0.1) is 11.3 Å². The van der Waals surface area contributed by atoms with Crippen molar-refractivity contribution in [2.75, 3.05) is 11.9 Å². The highest BCUT2D eigenvalue weighted by Gasteiger charge is 2.13. The van der Waals surface area contributed by atoms with E-state index in [1.165, 1.54) is 18.2 Å². The first-order valence-corrected chi connectivity index (χ1v) is 8.16. The van der Waals surface area contributed by atoms with Gasteiger partial charge in [0.1, 0.15) is 11.6 Å². The summed E-state index contributed by atoms with van der Waals surface area (Å²) in [6, 6.07) is 21.1. The van der Waals surface area contributed by atoms with Crippen molar-refractivity contribution in [2.24, 2.45) is 0 Å². The summed E-state index contributed by atoms with van der Waals surface area (Å²) in [7, 11) is 0. The molecule has 0 aliphatic carbocycles. The molecule has 0 spiro atoms. The molecular weight excluding hydrogens is 349 g/mol. The van der Waals surface area contributed by atoms with Crippen LogP contribution in [0.4, 0.5) is 10.1 Å². The molecule has 5 nitrogen and oxygen atoms in total. The number of hydrogen-bond acceptors (Lipinski definition) is 4. The van der Waals surface area contributed by atoms with Gasteiger partial charge in [0.15, 0.2) is 12.4 Å². The first-order valence-electron chi connectivity index (χ1n) is 8.16. The molecule has 1 amide bonds. The van der Waals surface area contributed by atoms with Crippen molar-refractivity contribution in [1.82, 2.24) is 0 Å². The second-order valence-corrected chi connectivity index (χ2v) is 5.55. The van der Waals surface area contributed by atoms with Crippen molar-refractivity contribution >= 4 is 17.6 Å². The van der Waals surface area contributed by atoms with E-state index in [-0.39, 0.29) is 5.56 Å². The lowest BCUT2D eigenvalue weighted by Gasteiger charge is -2.12. The number of rotatable bonds is 6. The number of carbonyl (C=O) groups is 2. The van der Waals surface area contributed by atoms with Gasteiger partial charge in [-0.1, -0.05) is 36.4 Å². The van der Waals surface area contributed by atoms with Gasteiger partial charge in [0.25, 0.3) is 5.91 Å². The van der Waals surface area contributed by atoms with E-state index in [9.17, 15) is 14.0 Å². The SMILES string of the molecule is O=C(COC(=O)c1cccc(F)c1)Nc1ccccc1Oc1ccccc1. The van der Waals surface area contributed by atoms with Crippen LogP contribution in [0.15, 0.2) is 78.9 Å². The Kier molecular flexibility index (Phi) is 5.79. The van der Waals surface area contributed by atoms with Crippen molar-refractivity contribution in [1.29, 1.82) is 0 Å².